The van der Waals surface area contributed by atoms with Crippen molar-refractivity contribution in [3.05, 3.63) is 52.5 Å². The second-order valence-electron chi connectivity index (χ2n) is 3.39. The molecule has 0 atom stereocenters. The van der Waals surface area contributed by atoms with Crippen LogP contribution in [0.15, 0.2) is 41.1 Å². The molecule has 0 aliphatic heterocycles. The maximum absolute atomic E-state index is 13.5. The highest BCUT2D eigenvalue weighted by Gasteiger charge is 2.16. The van der Waals surface area contributed by atoms with Gasteiger partial charge in [-0.1, -0.05) is 6.07 Å². The van der Waals surface area contributed by atoms with Gasteiger partial charge in [0, 0.05) is 18.5 Å². The largest absolute Gasteiger partial charge is 0.455 e. The lowest BCUT2D eigenvalue weighted by Gasteiger charge is -2.10. The minimum absolute atomic E-state index is 0.0643. The number of carbonyl (C=O) groups excluding carboxylic acids is 1. The van der Waals surface area contributed by atoms with Crippen molar-refractivity contribution in [1.29, 1.82) is 0 Å². The van der Waals surface area contributed by atoms with E-state index in [1.165, 1.54) is 24.5 Å². The van der Waals surface area contributed by atoms with E-state index in [9.17, 15) is 9.18 Å². The number of ether oxygens (including phenoxy) is 1. The van der Waals surface area contributed by atoms with E-state index in [2.05, 4.69) is 20.9 Å². The molecular weight excluding hydrogens is 303 g/mol. The quantitative estimate of drug-likeness (QED) is 0.948. The van der Waals surface area contributed by atoms with Gasteiger partial charge in [-0.05, 0) is 28.1 Å². The van der Waals surface area contributed by atoms with Crippen molar-refractivity contribution in [3.63, 3.8) is 0 Å². The number of primary amides is 1. The first kappa shape index (κ1) is 12.5. The van der Waals surface area contributed by atoms with Crippen molar-refractivity contribution in [3.8, 4) is 11.5 Å². The molecule has 18 heavy (non-hydrogen) atoms. The number of nitrogens with two attached hydrogens (primary N) is 1. The van der Waals surface area contributed by atoms with Crippen LogP contribution in [0.1, 0.15) is 10.4 Å². The molecule has 1 amide bonds. The molecule has 1 aromatic carbocycles. The highest BCUT2D eigenvalue weighted by Crippen LogP contribution is 2.31. The van der Waals surface area contributed by atoms with Crippen LogP contribution < -0.4 is 10.5 Å². The van der Waals surface area contributed by atoms with E-state index < -0.39 is 11.7 Å². The maximum Gasteiger partial charge on any atom is 0.255 e. The molecule has 0 aliphatic rings. The average Bonchev–Trinajstić information content (AvgIpc) is 2.31. The zero-order valence-corrected chi connectivity index (χ0v) is 10.6. The molecule has 2 N–H and O–H groups in total. The van der Waals surface area contributed by atoms with Gasteiger partial charge in [0.1, 0.15) is 22.9 Å². The highest BCUT2D eigenvalue weighted by atomic mass is 79.9. The number of aromatic nitrogens is 1. The summed E-state index contributed by atoms with van der Waals surface area (Å²) in [5.41, 5.74) is 4.85. The molecule has 92 valence electrons. The van der Waals surface area contributed by atoms with E-state index in [-0.39, 0.29) is 11.3 Å². The summed E-state index contributed by atoms with van der Waals surface area (Å²) in [7, 11) is 0. The van der Waals surface area contributed by atoms with Crippen LogP contribution in [0.3, 0.4) is 0 Å². The van der Waals surface area contributed by atoms with Crippen LogP contribution in [0.4, 0.5) is 4.39 Å². The van der Waals surface area contributed by atoms with Crippen LogP contribution >= 0.6 is 15.9 Å². The molecule has 1 heterocycles. The third kappa shape index (κ3) is 2.48. The molecular formula is C12H8BrFN2O2. The number of halogens is 2. The van der Waals surface area contributed by atoms with Crippen molar-refractivity contribution in [2.24, 2.45) is 5.73 Å². The van der Waals surface area contributed by atoms with Crippen LogP contribution in [0.2, 0.25) is 0 Å². The molecule has 4 nitrogen and oxygen atoms in total. The fraction of sp³-hybridized carbons (Fsp3) is 0. The number of carbonyl (C=O) groups is 1. The number of nitrogens with zero attached hydrogens (tertiary/aromatic N) is 1. The summed E-state index contributed by atoms with van der Waals surface area (Å²) < 4.78 is 19.5. The Hall–Kier alpha value is -1.95. The zero-order valence-electron chi connectivity index (χ0n) is 9.06. The van der Waals surface area contributed by atoms with Gasteiger partial charge < -0.3 is 10.5 Å². The Morgan fingerprint density at radius 1 is 1.33 bits per heavy atom. The van der Waals surface area contributed by atoms with Crippen molar-refractivity contribution < 1.29 is 13.9 Å². The number of rotatable bonds is 3. The van der Waals surface area contributed by atoms with Gasteiger partial charge >= 0.3 is 0 Å². The Kier molecular flexibility index (Phi) is 3.57. The molecule has 0 bridgehead atoms. The second-order valence-corrected chi connectivity index (χ2v) is 4.24. The lowest BCUT2D eigenvalue weighted by Crippen LogP contribution is -2.14. The van der Waals surface area contributed by atoms with Crippen LogP contribution in [0.5, 0.6) is 11.5 Å². The first-order chi connectivity index (χ1) is 8.59. The highest BCUT2D eigenvalue weighted by molar-refractivity contribution is 9.10. The van der Waals surface area contributed by atoms with Gasteiger partial charge in [0.25, 0.3) is 5.91 Å². The Balaban J connectivity index is 2.44. The summed E-state index contributed by atoms with van der Waals surface area (Å²) in [5, 5.41) is 0. The molecule has 0 fully saturated rings. The zero-order chi connectivity index (χ0) is 13.1. The summed E-state index contributed by atoms with van der Waals surface area (Å²) >= 11 is 3.24. The standard InChI is InChI=1S/C12H8BrFN2O2/c13-7-6-16-5-4-9(7)18-10-3-1-2-8(14)11(10)12(15)17/h1-6H,(H2,15,17). The van der Waals surface area contributed by atoms with E-state index in [0.29, 0.717) is 10.2 Å². The monoisotopic (exact) mass is 310 g/mol. The van der Waals surface area contributed by atoms with Crippen LogP contribution in [0, 0.1) is 5.82 Å². The lowest BCUT2D eigenvalue weighted by atomic mass is 10.2. The third-order valence-electron chi connectivity index (χ3n) is 2.18. The van der Waals surface area contributed by atoms with E-state index in [0.717, 1.165) is 6.07 Å². The summed E-state index contributed by atoms with van der Waals surface area (Å²) in [4.78, 5) is 15.1. The van der Waals surface area contributed by atoms with Crippen molar-refractivity contribution in [1.82, 2.24) is 4.98 Å². The maximum atomic E-state index is 13.5. The van der Waals surface area contributed by atoms with Gasteiger partial charge in [0.05, 0.1) is 4.47 Å². The molecule has 0 saturated carbocycles. The average molecular weight is 311 g/mol. The Morgan fingerprint density at radius 3 is 2.78 bits per heavy atom. The van der Waals surface area contributed by atoms with E-state index in [1.807, 2.05) is 0 Å². The molecule has 0 unspecified atom stereocenters. The van der Waals surface area contributed by atoms with Gasteiger partial charge in [0.2, 0.25) is 0 Å². The van der Waals surface area contributed by atoms with Crippen LogP contribution in [-0.2, 0) is 0 Å². The predicted molar refractivity (Wildman–Crippen MR) is 66.9 cm³/mol. The van der Waals surface area contributed by atoms with E-state index >= 15 is 0 Å². The Bertz CT molecular complexity index is 604. The van der Waals surface area contributed by atoms with Gasteiger partial charge in [-0.2, -0.15) is 0 Å². The minimum Gasteiger partial charge on any atom is -0.455 e. The minimum atomic E-state index is -0.881. The number of hydrogen-bond donors (Lipinski definition) is 1. The number of benzene rings is 1. The topological polar surface area (TPSA) is 65.2 Å². The van der Waals surface area contributed by atoms with Crippen molar-refractivity contribution >= 4 is 21.8 Å². The molecule has 0 aliphatic carbocycles. The van der Waals surface area contributed by atoms with Crippen LogP contribution in [-0.4, -0.2) is 10.9 Å². The Labute approximate surface area is 111 Å². The summed E-state index contributed by atoms with van der Waals surface area (Å²) in [6, 6.07) is 5.64. The molecule has 0 spiro atoms. The summed E-state index contributed by atoms with van der Waals surface area (Å²) in [6.07, 6.45) is 3.04. The fourth-order valence-corrected chi connectivity index (χ4v) is 1.72. The van der Waals surface area contributed by atoms with Gasteiger partial charge in [-0.3, -0.25) is 9.78 Å². The normalized spacial score (nSPS) is 10.1. The van der Waals surface area contributed by atoms with Gasteiger partial charge in [-0.15, -0.1) is 0 Å². The van der Waals surface area contributed by atoms with Crippen molar-refractivity contribution in [2.45, 2.75) is 0 Å². The first-order valence-electron chi connectivity index (χ1n) is 4.95. The molecule has 2 aromatic rings. The van der Waals surface area contributed by atoms with E-state index in [1.54, 1.807) is 6.07 Å². The van der Waals surface area contributed by atoms with E-state index in [4.69, 9.17) is 10.5 Å². The molecule has 0 radical (unpaired) electrons. The number of pyridine rings is 1. The molecule has 2 rings (SSSR count). The summed E-state index contributed by atoms with van der Waals surface area (Å²) in [5.74, 6) is -1.12. The lowest BCUT2D eigenvalue weighted by molar-refractivity contribution is 0.0994. The molecule has 0 saturated heterocycles. The third-order valence-corrected chi connectivity index (χ3v) is 2.77. The smallest absolute Gasteiger partial charge is 0.255 e. The Morgan fingerprint density at radius 2 is 2.11 bits per heavy atom. The fourth-order valence-electron chi connectivity index (χ4n) is 1.39. The number of amides is 1. The van der Waals surface area contributed by atoms with Crippen molar-refractivity contribution in [2.75, 3.05) is 0 Å². The SMILES string of the molecule is NC(=O)c1c(F)cccc1Oc1ccncc1Br. The number of hydrogen-bond acceptors (Lipinski definition) is 3. The summed E-state index contributed by atoms with van der Waals surface area (Å²) in [6.45, 7) is 0. The van der Waals surface area contributed by atoms with Crippen LogP contribution in [0.25, 0.3) is 0 Å². The second kappa shape index (κ2) is 5.14. The molecule has 6 heteroatoms. The van der Waals surface area contributed by atoms with Gasteiger partial charge in [0.15, 0.2) is 0 Å². The molecule has 1 aromatic heterocycles. The predicted octanol–water partition coefficient (Wildman–Crippen LogP) is 2.87. The van der Waals surface area contributed by atoms with Gasteiger partial charge in [-0.25, -0.2) is 4.39 Å². The first-order valence-corrected chi connectivity index (χ1v) is 5.74.